The number of aryl methyl sites for hydroxylation is 1. The van der Waals surface area contributed by atoms with Crippen molar-refractivity contribution < 1.29 is 18.7 Å². The van der Waals surface area contributed by atoms with Crippen LogP contribution in [0.2, 0.25) is 0 Å². The Hall–Kier alpha value is -2.82. The number of nitrogens with zero attached hydrogens (tertiary/aromatic N) is 1. The Morgan fingerprint density at radius 3 is 2.52 bits per heavy atom. The van der Waals surface area contributed by atoms with Crippen molar-refractivity contribution in [3.05, 3.63) is 65.1 Å². The highest BCUT2D eigenvalue weighted by Crippen LogP contribution is 2.29. The van der Waals surface area contributed by atoms with Crippen LogP contribution >= 0.6 is 0 Å². The molecule has 0 atom stereocenters. The smallest absolute Gasteiger partial charge is 0.305 e. The molecular formula is C24H29NO4. The second-order valence-electron chi connectivity index (χ2n) is 7.81. The number of esters is 1. The molecule has 154 valence electrons. The summed E-state index contributed by atoms with van der Waals surface area (Å²) in [5.41, 5.74) is 2.45. The molecule has 0 aliphatic heterocycles. The van der Waals surface area contributed by atoms with Crippen LogP contribution in [-0.4, -0.2) is 29.9 Å². The first-order valence-electron chi connectivity index (χ1n) is 10.2. The van der Waals surface area contributed by atoms with Crippen LogP contribution in [0.5, 0.6) is 0 Å². The number of amides is 1. The molecule has 1 fully saturated rings. The molecule has 1 heterocycles. The number of hydrogen-bond donors (Lipinski definition) is 0. The van der Waals surface area contributed by atoms with Gasteiger partial charge < -0.3 is 14.1 Å². The Morgan fingerprint density at radius 1 is 1.17 bits per heavy atom. The first-order chi connectivity index (χ1) is 14.0. The number of hydrogen-bond acceptors (Lipinski definition) is 4. The zero-order valence-corrected chi connectivity index (χ0v) is 17.4. The van der Waals surface area contributed by atoms with Crippen LogP contribution in [-0.2, 0) is 27.3 Å². The predicted octanol–water partition coefficient (Wildman–Crippen LogP) is 4.71. The second-order valence-corrected chi connectivity index (χ2v) is 7.81. The zero-order valence-electron chi connectivity index (χ0n) is 17.4. The summed E-state index contributed by atoms with van der Waals surface area (Å²) < 4.78 is 10.3. The summed E-state index contributed by atoms with van der Waals surface area (Å²) in [6.45, 7) is 4.97. The number of rotatable bonds is 9. The molecular weight excluding hydrogens is 366 g/mol. The molecule has 0 spiro atoms. The quantitative estimate of drug-likeness (QED) is 0.456. The van der Waals surface area contributed by atoms with Crippen LogP contribution in [0.1, 0.15) is 61.7 Å². The lowest BCUT2D eigenvalue weighted by atomic mass is 10.0. The molecule has 5 heteroatoms. The van der Waals surface area contributed by atoms with Crippen molar-refractivity contribution in [1.82, 2.24) is 4.90 Å². The summed E-state index contributed by atoms with van der Waals surface area (Å²) in [6.07, 6.45) is 6.14. The maximum absolute atomic E-state index is 12.8. The maximum Gasteiger partial charge on any atom is 0.305 e. The number of benzene rings is 1. The van der Waals surface area contributed by atoms with Crippen LogP contribution < -0.4 is 0 Å². The van der Waals surface area contributed by atoms with Gasteiger partial charge in [-0.15, -0.1) is 0 Å². The lowest BCUT2D eigenvalue weighted by molar-refractivity contribution is -0.140. The van der Waals surface area contributed by atoms with Crippen molar-refractivity contribution in [3.63, 3.8) is 0 Å². The van der Waals surface area contributed by atoms with Crippen LogP contribution in [0.15, 0.2) is 46.9 Å². The minimum absolute atomic E-state index is 0.00653. The van der Waals surface area contributed by atoms with Crippen LogP contribution in [0.4, 0.5) is 0 Å². The molecule has 1 aromatic heterocycles. The molecule has 1 aliphatic rings. The number of methoxy groups -OCH3 is 1. The van der Waals surface area contributed by atoms with Crippen LogP contribution in [0, 0.1) is 0 Å². The van der Waals surface area contributed by atoms with Gasteiger partial charge in [-0.05, 0) is 48.1 Å². The van der Waals surface area contributed by atoms with E-state index in [0.29, 0.717) is 36.4 Å². The van der Waals surface area contributed by atoms with Gasteiger partial charge in [0.1, 0.15) is 11.5 Å². The molecule has 0 saturated heterocycles. The molecule has 29 heavy (non-hydrogen) atoms. The Morgan fingerprint density at radius 2 is 1.90 bits per heavy atom. The summed E-state index contributed by atoms with van der Waals surface area (Å²) in [6, 6.07) is 12.5. The first kappa shape index (κ1) is 20.9. The number of carbonyl (C=O) groups is 2. The summed E-state index contributed by atoms with van der Waals surface area (Å²) >= 11 is 0. The van der Waals surface area contributed by atoms with Gasteiger partial charge in [-0.1, -0.05) is 38.1 Å². The molecule has 2 aromatic rings. The standard InChI is InChI=1S/C24H29NO4/c1-17(2)19-6-4-18(5-7-19)16-25(20-8-9-20)23(26)14-12-21-10-11-22(29-21)13-15-24(27)28-3/h4-7,10-12,14,17,20H,8-9,13,15-16H2,1-3H3/b14-12+. The Balaban J connectivity index is 1.60. The molecule has 1 aromatic carbocycles. The highest BCUT2D eigenvalue weighted by Gasteiger charge is 2.31. The fourth-order valence-electron chi connectivity index (χ4n) is 3.17. The van der Waals surface area contributed by atoms with E-state index >= 15 is 0 Å². The average Bonchev–Trinajstić information content (AvgIpc) is 3.46. The fourth-order valence-corrected chi connectivity index (χ4v) is 3.17. The average molecular weight is 395 g/mol. The third-order valence-electron chi connectivity index (χ3n) is 5.15. The third-order valence-corrected chi connectivity index (χ3v) is 5.15. The molecule has 0 radical (unpaired) electrons. The molecule has 1 saturated carbocycles. The van der Waals surface area contributed by atoms with Gasteiger partial charge in [0.2, 0.25) is 5.91 Å². The molecule has 0 unspecified atom stereocenters. The van der Waals surface area contributed by atoms with E-state index < -0.39 is 0 Å². The van der Waals surface area contributed by atoms with Crippen molar-refractivity contribution in [1.29, 1.82) is 0 Å². The van der Waals surface area contributed by atoms with Gasteiger partial charge in [0.05, 0.1) is 13.5 Å². The van der Waals surface area contributed by atoms with Gasteiger partial charge in [0, 0.05) is 25.1 Å². The minimum atomic E-state index is -0.268. The van der Waals surface area contributed by atoms with E-state index in [1.54, 1.807) is 12.2 Å². The molecule has 5 nitrogen and oxygen atoms in total. The Bertz CT molecular complexity index is 859. The van der Waals surface area contributed by atoms with Crippen LogP contribution in [0.3, 0.4) is 0 Å². The summed E-state index contributed by atoms with van der Waals surface area (Å²) in [5, 5.41) is 0. The van der Waals surface area contributed by atoms with E-state index in [0.717, 1.165) is 18.4 Å². The normalized spacial score (nSPS) is 13.8. The largest absolute Gasteiger partial charge is 0.469 e. The fraction of sp³-hybridized carbons (Fsp3) is 0.417. The number of carbonyl (C=O) groups excluding carboxylic acids is 2. The van der Waals surface area contributed by atoms with Gasteiger partial charge in [-0.3, -0.25) is 9.59 Å². The SMILES string of the molecule is COC(=O)CCc1ccc(/C=C/C(=O)N(Cc2ccc(C(C)C)cc2)C2CC2)o1. The van der Waals surface area contributed by atoms with E-state index in [4.69, 9.17) is 4.42 Å². The van der Waals surface area contributed by atoms with Crippen molar-refractivity contribution >= 4 is 18.0 Å². The van der Waals surface area contributed by atoms with E-state index in [9.17, 15) is 9.59 Å². The van der Waals surface area contributed by atoms with Gasteiger partial charge in [-0.25, -0.2) is 0 Å². The van der Waals surface area contributed by atoms with Gasteiger partial charge >= 0.3 is 5.97 Å². The van der Waals surface area contributed by atoms with Gasteiger partial charge in [-0.2, -0.15) is 0 Å². The second kappa shape index (κ2) is 9.59. The topological polar surface area (TPSA) is 59.8 Å². The lowest BCUT2D eigenvalue weighted by Crippen LogP contribution is -2.31. The van der Waals surface area contributed by atoms with E-state index in [-0.39, 0.29) is 18.3 Å². The Labute approximate surface area is 172 Å². The molecule has 0 N–H and O–H groups in total. The highest BCUT2D eigenvalue weighted by atomic mass is 16.5. The molecule has 1 amide bonds. The summed E-state index contributed by atoms with van der Waals surface area (Å²) in [5.74, 6) is 1.53. The minimum Gasteiger partial charge on any atom is -0.469 e. The molecule has 0 bridgehead atoms. The summed E-state index contributed by atoms with van der Waals surface area (Å²) in [7, 11) is 1.37. The lowest BCUT2D eigenvalue weighted by Gasteiger charge is -2.21. The monoisotopic (exact) mass is 395 g/mol. The van der Waals surface area contributed by atoms with E-state index in [1.807, 2.05) is 17.0 Å². The Kier molecular flexibility index (Phi) is 6.91. The number of ether oxygens (including phenoxy) is 1. The van der Waals surface area contributed by atoms with Crippen molar-refractivity contribution in [2.75, 3.05) is 7.11 Å². The summed E-state index contributed by atoms with van der Waals surface area (Å²) in [4.78, 5) is 25.9. The van der Waals surface area contributed by atoms with Crippen molar-refractivity contribution in [3.8, 4) is 0 Å². The van der Waals surface area contributed by atoms with E-state index in [1.165, 1.54) is 12.7 Å². The first-order valence-corrected chi connectivity index (χ1v) is 10.2. The predicted molar refractivity (Wildman–Crippen MR) is 112 cm³/mol. The third kappa shape index (κ3) is 6.08. The van der Waals surface area contributed by atoms with Crippen molar-refractivity contribution in [2.45, 2.75) is 58.0 Å². The van der Waals surface area contributed by atoms with Gasteiger partial charge in [0.15, 0.2) is 0 Å². The van der Waals surface area contributed by atoms with Crippen LogP contribution in [0.25, 0.3) is 6.08 Å². The van der Waals surface area contributed by atoms with Crippen molar-refractivity contribution in [2.24, 2.45) is 0 Å². The molecule has 3 rings (SSSR count). The highest BCUT2D eigenvalue weighted by molar-refractivity contribution is 5.91. The number of furan rings is 1. The van der Waals surface area contributed by atoms with Gasteiger partial charge in [0.25, 0.3) is 0 Å². The van der Waals surface area contributed by atoms with E-state index in [2.05, 4.69) is 42.8 Å². The maximum atomic E-state index is 12.8. The zero-order chi connectivity index (χ0) is 20.8. The molecule has 1 aliphatic carbocycles.